The summed E-state index contributed by atoms with van der Waals surface area (Å²) in [7, 11) is 0. The van der Waals surface area contributed by atoms with Gasteiger partial charge in [-0.3, -0.25) is 14.9 Å². The molecule has 3 aromatic carbocycles. The van der Waals surface area contributed by atoms with Gasteiger partial charge in [0.05, 0.1) is 21.2 Å². The van der Waals surface area contributed by atoms with Gasteiger partial charge in [0.25, 0.3) is 11.6 Å². The minimum atomic E-state index is -1.31. The molecule has 1 unspecified atom stereocenters. The highest BCUT2D eigenvalue weighted by Crippen LogP contribution is 2.29. The number of ether oxygens (including phenoxy) is 1. The van der Waals surface area contributed by atoms with Crippen LogP contribution in [0.4, 0.5) is 11.4 Å². The van der Waals surface area contributed by atoms with Gasteiger partial charge in [0.1, 0.15) is 5.75 Å². The highest BCUT2D eigenvalue weighted by Gasteiger charge is 2.26. The number of carbonyl (C=O) groups excluding carboxylic acids is 2. The van der Waals surface area contributed by atoms with E-state index in [4.69, 9.17) is 16.3 Å². The first-order valence-corrected chi connectivity index (χ1v) is 9.02. The number of aromatic hydroxyl groups is 1. The number of benzene rings is 3. The van der Waals surface area contributed by atoms with Crippen LogP contribution in [0.25, 0.3) is 0 Å². The summed E-state index contributed by atoms with van der Waals surface area (Å²) in [5, 5.41) is 22.7. The van der Waals surface area contributed by atoms with Gasteiger partial charge in [0, 0.05) is 17.7 Å². The Hall–Kier alpha value is -3.91. The lowest BCUT2D eigenvalue weighted by molar-refractivity contribution is -0.384. The number of hydrogen-bond donors (Lipinski definition) is 2. The van der Waals surface area contributed by atoms with E-state index in [1.54, 1.807) is 30.3 Å². The molecule has 0 heterocycles. The number of amides is 1. The summed E-state index contributed by atoms with van der Waals surface area (Å²) >= 11 is 6.03. The molecule has 1 amide bonds. The number of phenols is 1. The van der Waals surface area contributed by atoms with E-state index in [-0.39, 0.29) is 27.7 Å². The van der Waals surface area contributed by atoms with Gasteiger partial charge in [0.15, 0.2) is 0 Å². The molecular weight excluding hydrogens is 412 g/mol. The number of hydrogen-bond acceptors (Lipinski definition) is 6. The molecule has 30 heavy (non-hydrogen) atoms. The third-order valence-electron chi connectivity index (χ3n) is 4.09. The summed E-state index contributed by atoms with van der Waals surface area (Å²) < 4.78 is 5.41. The lowest BCUT2D eigenvalue weighted by atomic mass is 10.1. The summed E-state index contributed by atoms with van der Waals surface area (Å²) in [6.45, 7) is 0. The Morgan fingerprint density at radius 2 is 1.70 bits per heavy atom. The van der Waals surface area contributed by atoms with E-state index in [2.05, 4.69) is 5.32 Å². The molecule has 0 radical (unpaired) electrons. The fourth-order valence-electron chi connectivity index (χ4n) is 2.59. The molecule has 2 N–H and O–H groups in total. The van der Waals surface area contributed by atoms with Crippen molar-refractivity contribution in [2.75, 3.05) is 5.32 Å². The minimum Gasteiger partial charge on any atom is -0.508 e. The Balaban J connectivity index is 1.85. The smallest absolute Gasteiger partial charge is 0.339 e. The Morgan fingerprint density at radius 1 is 1.03 bits per heavy atom. The second-order valence-corrected chi connectivity index (χ2v) is 6.56. The first kappa shape index (κ1) is 20.8. The molecule has 0 saturated heterocycles. The zero-order valence-corrected chi connectivity index (χ0v) is 16.1. The van der Waals surface area contributed by atoms with Gasteiger partial charge >= 0.3 is 5.97 Å². The van der Waals surface area contributed by atoms with Crippen LogP contribution in [0.1, 0.15) is 22.0 Å². The highest BCUT2D eigenvalue weighted by atomic mass is 35.5. The summed E-state index contributed by atoms with van der Waals surface area (Å²) in [6.07, 6.45) is -1.31. The average molecular weight is 427 g/mol. The lowest BCUT2D eigenvalue weighted by Crippen LogP contribution is -2.26. The Bertz CT molecular complexity index is 1090. The molecule has 0 aliphatic heterocycles. The van der Waals surface area contributed by atoms with E-state index in [0.29, 0.717) is 5.56 Å². The lowest BCUT2D eigenvalue weighted by Gasteiger charge is -2.18. The molecule has 3 rings (SSSR count). The normalized spacial score (nSPS) is 11.4. The summed E-state index contributed by atoms with van der Waals surface area (Å²) in [5.41, 5.74) is 0.473. The minimum absolute atomic E-state index is 0.0169. The van der Waals surface area contributed by atoms with Crippen molar-refractivity contribution >= 4 is 34.9 Å². The third-order valence-corrected chi connectivity index (χ3v) is 4.40. The molecule has 3 aromatic rings. The fourth-order valence-corrected chi connectivity index (χ4v) is 2.81. The van der Waals surface area contributed by atoms with Crippen molar-refractivity contribution in [3.8, 4) is 5.75 Å². The second-order valence-electron chi connectivity index (χ2n) is 6.15. The number of non-ortho nitro benzene ring substituents is 1. The van der Waals surface area contributed by atoms with Gasteiger partial charge in [-0.2, -0.15) is 0 Å². The van der Waals surface area contributed by atoms with Crippen molar-refractivity contribution in [2.24, 2.45) is 0 Å². The predicted molar refractivity (Wildman–Crippen MR) is 109 cm³/mol. The highest BCUT2D eigenvalue weighted by molar-refractivity contribution is 6.34. The maximum absolute atomic E-state index is 12.9. The molecule has 0 saturated carbocycles. The van der Waals surface area contributed by atoms with Crippen molar-refractivity contribution in [1.82, 2.24) is 0 Å². The Morgan fingerprint density at radius 3 is 2.30 bits per heavy atom. The van der Waals surface area contributed by atoms with Crippen LogP contribution in [0.3, 0.4) is 0 Å². The van der Waals surface area contributed by atoms with Crippen molar-refractivity contribution in [3.63, 3.8) is 0 Å². The number of nitro groups is 1. The molecule has 0 aliphatic rings. The van der Waals surface area contributed by atoms with Gasteiger partial charge in [-0.25, -0.2) is 4.79 Å². The fraction of sp³-hybridized carbons (Fsp3) is 0.0476. The number of rotatable bonds is 6. The molecular formula is C21H15ClN2O6. The van der Waals surface area contributed by atoms with Gasteiger partial charge < -0.3 is 15.2 Å². The third kappa shape index (κ3) is 4.92. The number of carbonyl (C=O) groups is 2. The van der Waals surface area contributed by atoms with Crippen LogP contribution in [0, 0.1) is 10.1 Å². The Kier molecular flexibility index (Phi) is 6.29. The largest absolute Gasteiger partial charge is 0.508 e. The molecule has 152 valence electrons. The molecule has 8 nitrogen and oxygen atoms in total. The van der Waals surface area contributed by atoms with E-state index < -0.39 is 22.9 Å². The van der Waals surface area contributed by atoms with Crippen LogP contribution < -0.4 is 5.32 Å². The van der Waals surface area contributed by atoms with Crippen LogP contribution in [0.5, 0.6) is 5.75 Å². The first-order valence-electron chi connectivity index (χ1n) is 8.65. The zero-order valence-electron chi connectivity index (χ0n) is 15.3. The molecule has 0 aliphatic carbocycles. The van der Waals surface area contributed by atoms with Crippen LogP contribution >= 0.6 is 11.6 Å². The number of nitrogens with one attached hydrogen (secondary N) is 1. The summed E-state index contributed by atoms with van der Waals surface area (Å²) in [5.74, 6) is -1.48. The molecule has 0 aromatic heterocycles. The molecule has 9 heteroatoms. The number of halogens is 1. The van der Waals surface area contributed by atoms with Crippen molar-refractivity contribution < 1.29 is 24.4 Å². The SMILES string of the molecule is O=C(OC(C(=O)Nc1ccc([N+](=O)[O-])cc1Cl)c1ccccc1)c1ccc(O)cc1. The quantitative estimate of drug-likeness (QED) is 0.340. The maximum Gasteiger partial charge on any atom is 0.339 e. The number of phenolic OH excluding ortho intramolecular Hbond substituents is 1. The van der Waals surface area contributed by atoms with E-state index in [1.165, 1.54) is 36.4 Å². The van der Waals surface area contributed by atoms with Crippen LogP contribution in [0.15, 0.2) is 72.8 Å². The topological polar surface area (TPSA) is 119 Å². The first-order chi connectivity index (χ1) is 14.3. The molecule has 0 bridgehead atoms. The number of nitro benzene ring substituents is 1. The van der Waals surface area contributed by atoms with E-state index in [9.17, 15) is 24.8 Å². The van der Waals surface area contributed by atoms with Gasteiger partial charge in [-0.05, 0) is 30.3 Å². The van der Waals surface area contributed by atoms with Gasteiger partial charge in [-0.1, -0.05) is 41.9 Å². The van der Waals surface area contributed by atoms with E-state index in [0.717, 1.165) is 6.07 Å². The van der Waals surface area contributed by atoms with Crippen LogP contribution in [0.2, 0.25) is 5.02 Å². The number of nitrogens with zero attached hydrogens (tertiary/aromatic N) is 1. The van der Waals surface area contributed by atoms with Crippen molar-refractivity contribution in [3.05, 3.63) is 99.1 Å². The van der Waals surface area contributed by atoms with Crippen LogP contribution in [-0.2, 0) is 9.53 Å². The standard InChI is InChI=1S/C21H15ClN2O6/c22-17-12-15(24(28)29)8-11-18(17)23-20(26)19(13-4-2-1-3-5-13)30-21(27)14-6-9-16(25)10-7-14/h1-12,19,25H,(H,23,26). The van der Waals surface area contributed by atoms with Crippen molar-refractivity contribution in [1.29, 1.82) is 0 Å². The molecule has 1 atom stereocenters. The molecule has 0 fully saturated rings. The summed E-state index contributed by atoms with van der Waals surface area (Å²) in [6, 6.07) is 17.3. The van der Waals surface area contributed by atoms with Gasteiger partial charge in [-0.15, -0.1) is 0 Å². The monoisotopic (exact) mass is 426 g/mol. The predicted octanol–water partition coefficient (Wildman–Crippen LogP) is 4.49. The number of anilines is 1. The van der Waals surface area contributed by atoms with Crippen LogP contribution in [-0.4, -0.2) is 21.9 Å². The average Bonchev–Trinajstić information content (AvgIpc) is 2.74. The second kappa shape index (κ2) is 9.06. The van der Waals surface area contributed by atoms with E-state index >= 15 is 0 Å². The maximum atomic E-state index is 12.9. The Labute approximate surface area is 175 Å². The van der Waals surface area contributed by atoms with Gasteiger partial charge in [0.2, 0.25) is 6.10 Å². The van der Waals surface area contributed by atoms with E-state index in [1.807, 2.05) is 0 Å². The summed E-state index contributed by atoms with van der Waals surface area (Å²) in [4.78, 5) is 35.6. The zero-order chi connectivity index (χ0) is 21.7. The number of esters is 1. The van der Waals surface area contributed by atoms with Crippen molar-refractivity contribution in [2.45, 2.75) is 6.10 Å². The molecule has 0 spiro atoms.